The van der Waals surface area contributed by atoms with E-state index in [1.54, 1.807) is 13.3 Å². The Morgan fingerprint density at radius 1 is 1.22 bits per heavy atom. The van der Waals surface area contributed by atoms with Gasteiger partial charge < -0.3 is 15.6 Å². The van der Waals surface area contributed by atoms with Gasteiger partial charge in [-0.25, -0.2) is 8.78 Å². The van der Waals surface area contributed by atoms with Crippen LogP contribution in [0, 0.1) is 35.3 Å². The molecule has 8 heteroatoms. The van der Waals surface area contributed by atoms with Crippen molar-refractivity contribution in [1.82, 2.24) is 9.88 Å². The molecule has 194 valence electrons. The van der Waals surface area contributed by atoms with E-state index < -0.39 is 17.6 Å². The summed E-state index contributed by atoms with van der Waals surface area (Å²) < 4.78 is 32.1. The molecule has 1 fully saturated rings. The molecule has 0 amide bonds. The second-order valence-corrected chi connectivity index (χ2v) is 9.57. The van der Waals surface area contributed by atoms with Crippen molar-refractivity contribution in [2.45, 2.75) is 31.7 Å². The first kappa shape index (κ1) is 26.5. The number of hydrogen-bond donors (Lipinski definition) is 2. The highest BCUT2D eigenvalue weighted by molar-refractivity contribution is 5.84. The second-order valence-electron chi connectivity index (χ2n) is 9.57. The summed E-state index contributed by atoms with van der Waals surface area (Å²) >= 11 is 0. The van der Waals surface area contributed by atoms with Crippen molar-refractivity contribution in [2.75, 3.05) is 26.7 Å². The zero-order valence-corrected chi connectivity index (χ0v) is 20.8. The van der Waals surface area contributed by atoms with Crippen LogP contribution in [0.2, 0.25) is 0 Å². The summed E-state index contributed by atoms with van der Waals surface area (Å²) in [6.45, 7) is 1.79. The number of aliphatic carboxylic acids is 1. The molecule has 0 saturated carbocycles. The van der Waals surface area contributed by atoms with E-state index in [4.69, 9.17) is 10.5 Å². The zero-order chi connectivity index (χ0) is 26.4. The van der Waals surface area contributed by atoms with Crippen molar-refractivity contribution in [3.8, 4) is 17.6 Å². The minimum atomic E-state index is -0.824. The predicted octanol–water partition coefficient (Wildman–Crippen LogP) is 4.77. The standard InChI is InChI=1S/C29H31F2N3O3/c1-37-24-5-7-28-26(17-24)25(8-10-33-28)27(32)6-4-20-9-12-34(18-21(20)15-29(35)36)11-2-3-19-13-22(30)16-23(31)14-19/h5,7-8,10,13-14,16-17,20-21,27H,4,6,9,11-12,15,18,32H2,1H3,(H,35,36)/t20-,21+,27-/m1/s1. The lowest BCUT2D eigenvalue weighted by molar-refractivity contribution is -0.139. The number of aromatic nitrogens is 1. The first-order valence-electron chi connectivity index (χ1n) is 12.4. The van der Waals surface area contributed by atoms with E-state index in [1.807, 2.05) is 24.3 Å². The third-order valence-electron chi connectivity index (χ3n) is 7.04. The van der Waals surface area contributed by atoms with Gasteiger partial charge in [-0.3, -0.25) is 14.7 Å². The summed E-state index contributed by atoms with van der Waals surface area (Å²) in [5, 5.41) is 10.5. The highest BCUT2D eigenvalue weighted by atomic mass is 19.1. The third-order valence-corrected chi connectivity index (χ3v) is 7.04. The largest absolute Gasteiger partial charge is 0.497 e. The molecule has 6 nitrogen and oxygen atoms in total. The van der Waals surface area contributed by atoms with Crippen molar-refractivity contribution >= 4 is 16.9 Å². The number of likely N-dealkylation sites (tertiary alicyclic amines) is 1. The average molecular weight is 508 g/mol. The molecule has 0 aliphatic carbocycles. The fourth-order valence-electron chi connectivity index (χ4n) is 5.16. The summed E-state index contributed by atoms with van der Waals surface area (Å²) in [5.74, 6) is 4.57. The summed E-state index contributed by atoms with van der Waals surface area (Å²) in [6, 6.07) is 10.7. The van der Waals surface area contributed by atoms with Crippen molar-refractivity contribution in [3.05, 3.63) is 71.4 Å². The number of carboxylic acids is 1. The van der Waals surface area contributed by atoms with Crippen molar-refractivity contribution in [1.29, 1.82) is 0 Å². The van der Waals surface area contributed by atoms with Gasteiger partial charge in [0, 0.05) is 42.2 Å². The number of nitrogens with two attached hydrogens (primary N) is 1. The van der Waals surface area contributed by atoms with Gasteiger partial charge >= 0.3 is 5.97 Å². The van der Waals surface area contributed by atoms with E-state index in [-0.39, 0.29) is 29.9 Å². The molecule has 0 bridgehead atoms. The van der Waals surface area contributed by atoms with Crippen LogP contribution in [0.3, 0.4) is 0 Å². The average Bonchev–Trinajstić information content (AvgIpc) is 2.86. The molecular formula is C29H31F2N3O3. The minimum absolute atomic E-state index is 0.0267. The number of carbonyl (C=O) groups is 1. The molecule has 2 aromatic carbocycles. The quantitative estimate of drug-likeness (QED) is 0.427. The van der Waals surface area contributed by atoms with E-state index in [9.17, 15) is 18.7 Å². The predicted molar refractivity (Wildman–Crippen MR) is 138 cm³/mol. The molecule has 2 heterocycles. The lowest BCUT2D eigenvalue weighted by Gasteiger charge is -2.37. The maximum Gasteiger partial charge on any atom is 0.303 e. The van der Waals surface area contributed by atoms with Gasteiger partial charge in [0.25, 0.3) is 0 Å². The zero-order valence-electron chi connectivity index (χ0n) is 20.8. The molecule has 37 heavy (non-hydrogen) atoms. The third kappa shape index (κ3) is 7.03. The molecule has 3 aromatic rings. The Bertz CT molecular complexity index is 1300. The van der Waals surface area contributed by atoms with Crippen LogP contribution < -0.4 is 10.5 Å². The molecule has 1 aliphatic rings. The van der Waals surface area contributed by atoms with Crippen LogP contribution >= 0.6 is 0 Å². The fourth-order valence-corrected chi connectivity index (χ4v) is 5.16. The van der Waals surface area contributed by atoms with Crippen LogP contribution in [0.1, 0.15) is 42.9 Å². The molecule has 4 rings (SSSR count). The number of pyridine rings is 1. The first-order valence-corrected chi connectivity index (χ1v) is 12.4. The van der Waals surface area contributed by atoms with Gasteiger partial charge in [-0.05, 0) is 79.6 Å². The lowest BCUT2D eigenvalue weighted by atomic mass is 9.79. The first-order chi connectivity index (χ1) is 17.8. The number of piperidine rings is 1. The lowest BCUT2D eigenvalue weighted by Crippen LogP contribution is -2.41. The van der Waals surface area contributed by atoms with E-state index in [1.165, 1.54) is 12.1 Å². The Balaban J connectivity index is 1.39. The number of hydrogen-bond acceptors (Lipinski definition) is 5. The molecule has 3 atom stereocenters. The second kappa shape index (κ2) is 12.1. The van der Waals surface area contributed by atoms with Crippen molar-refractivity contribution in [3.63, 3.8) is 0 Å². The Kier molecular flexibility index (Phi) is 8.70. The molecule has 0 radical (unpaired) electrons. The number of halogens is 2. The van der Waals surface area contributed by atoms with Gasteiger partial charge in [0.15, 0.2) is 0 Å². The van der Waals surface area contributed by atoms with Gasteiger partial charge in [0.1, 0.15) is 17.4 Å². The van der Waals surface area contributed by atoms with Crippen molar-refractivity contribution in [2.24, 2.45) is 17.6 Å². The topological polar surface area (TPSA) is 88.7 Å². The molecule has 1 aliphatic heterocycles. The number of methoxy groups -OCH3 is 1. The number of fused-ring (bicyclic) bond motifs is 1. The number of nitrogens with zero attached hydrogens (tertiary/aromatic N) is 2. The van der Waals surface area contributed by atoms with Gasteiger partial charge in [-0.2, -0.15) is 0 Å². The van der Waals surface area contributed by atoms with Gasteiger partial charge in [0.2, 0.25) is 0 Å². The van der Waals surface area contributed by atoms with Gasteiger partial charge in [0.05, 0.1) is 19.2 Å². The normalized spacial score (nSPS) is 18.7. The molecule has 0 spiro atoms. The molecular weight excluding hydrogens is 476 g/mol. The molecule has 1 saturated heterocycles. The number of carboxylic acid groups (broad SMARTS) is 1. The van der Waals surface area contributed by atoms with Crippen LogP contribution in [0.4, 0.5) is 8.78 Å². The van der Waals surface area contributed by atoms with Crippen molar-refractivity contribution < 1.29 is 23.4 Å². The minimum Gasteiger partial charge on any atom is -0.497 e. The van der Waals surface area contributed by atoms with E-state index in [0.29, 0.717) is 13.1 Å². The Labute approximate surface area is 215 Å². The van der Waals surface area contributed by atoms with E-state index in [2.05, 4.69) is 21.7 Å². The summed E-state index contributed by atoms with van der Waals surface area (Å²) in [6.07, 6.45) is 4.21. The molecule has 3 N–H and O–H groups in total. The fraction of sp³-hybridized carbons (Fsp3) is 0.379. The maximum atomic E-state index is 13.4. The van der Waals surface area contributed by atoms with Gasteiger partial charge in [-0.1, -0.05) is 11.8 Å². The molecule has 1 aromatic heterocycles. The maximum absolute atomic E-state index is 13.4. The van der Waals surface area contributed by atoms with E-state index >= 15 is 0 Å². The number of benzene rings is 2. The number of rotatable bonds is 8. The Morgan fingerprint density at radius 3 is 2.73 bits per heavy atom. The van der Waals surface area contributed by atoms with E-state index in [0.717, 1.165) is 54.1 Å². The monoisotopic (exact) mass is 507 g/mol. The summed E-state index contributed by atoms with van der Waals surface area (Å²) in [7, 11) is 1.62. The highest BCUT2D eigenvalue weighted by Crippen LogP contribution is 2.34. The van der Waals surface area contributed by atoms with Crippen LogP contribution in [0.15, 0.2) is 48.7 Å². The van der Waals surface area contributed by atoms with Gasteiger partial charge in [-0.15, -0.1) is 0 Å². The Hall–Kier alpha value is -3.54. The SMILES string of the molecule is COc1ccc2nccc([C@H](N)CC[C@@H]3CCN(CC#Cc4cc(F)cc(F)c4)C[C@@H]3CC(=O)O)c2c1. The Morgan fingerprint density at radius 2 is 2.00 bits per heavy atom. The van der Waals surface area contributed by atoms with Crippen LogP contribution in [0.5, 0.6) is 5.75 Å². The smallest absolute Gasteiger partial charge is 0.303 e. The van der Waals surface area contributed by atoms with Crippen LogP contribution in [-0.2, 0) is 4.79 Å². The van der Waals surface area contributed by atoms with Crippen LogP contribution in [0.25, 0.3) is 10.9 Å². The number of ether oxygens (including phenoxy) is 1. The highest BCUT2D eigenvalue weighted by Gasteiger charge is 2.31. The summed E-state index contributed by atoms with van der Waals surface area (Å²) in [4.78, 5) is 18.1. The van der Waals surface area contributed by atoms with Crippen LogP contribution in [-0.4, -0.2) is 47.7 Å². The molecule has 0 unspecified atom stereocenters. The summed E-state index contributed by atoms with van der Waals surface area (Å²) in [5.41, 5.74) is 8.76.